The Balaban J connectivity index is 2.16. The molecule has 10 heteroatoms. The second kappa shape index (κ2) is 10.8. The molecule has 0 bridgehead atoms. The van der Waals surface area contributed by atoms with E-state index in [-0.39, 0.29) is 25.9 Å². The van der Waals surface area contributed by atoms with Gasteiger partial charge >= 0.3 is 13.7 Å². The molecule has 2 rings (SSSR count). The van der Waals surface area contributed by atoms with Crippen LogP contribution < -0.4 is 10.6 Å². The fraction of sp³-hybridized carbons (Fsp3) is 0.524. The summed E-state index contributed by atoms with van der Waals surface area (Å²) in [5.41, 5.74) is 0.965. The van der Waals surface area contributed by atoms with Crippen LogP contribution in [-0.4, -0.2) is 48.1 Å². The molecule has 0 aliphatic heterocycles. The highest BCUT2D eigenvalue weighted by Gasteiger charge is 2.29. The van der Waals surface area contributed by atoms with Gasteiger partial charge in [0.1, 0.15) is 17.9 Å². The molecular formula is C21H32N3O6P. The molecule has 0 saturated heterocycles. The van der Waals surface area contributed by atoms with Crippen LogP contribution in [-0.2, 0) is 29.6 Å². The average molecular weight is 453 g/mol. The van der Waals surface area contributed by atoms with Crippen molar-refractivity contribution < 1.29 is 27.9 Å². The van der Waals surface area contributed by atoms with Crippen molar-refractivity contribution in [3.05, 3.63) is 36.0 Å². The Labute approximate surface area is 182 Å². The molecule has 2 aromatic rings. The van der Waals surface area contributed by atoms with E-state index in [0.717, 1.165) is 16.6 Å². The van der Waals surface area contributed by atoms with Crippen LogP contribution in [0.1, 0.15) is 40.3 Å². The quantitative estimate of drug-likeness (QED) is 0.469. The maximum atomic E-state index is 12.9. The molecule has 172 valence electrons. The Morgan fingerprint density at radius 1 is 1.13 bits per heavy atom. The van der Waals surface area contributed by atoms with Crippen molar-refractivity contribution in [1.82, 2.24) is 15.6 Å². The Bertz CT molecular complexity index is 894. The third kappa shape index (κ3) is 8.01. The highest BCUT2D eigenvalue weighted by Crippen LogP contribution is 2.46. The Morgan fingerprint density at radius 3 is 2.35 bits per heavy atom. The average Bonchev–Trinajstić information content (AvgIpc) is 3.07. The van der Waals surface area contributed by atoms with E-state index in [2.05, 4.69) is 15.6 Å². The largest absolute Gasteiger partial charge is 0.444 e. The van der Waals surface area contributed by atoms with E-state index in [0.29, 0.717) is 0 Å². The van der Waals surface area contributed by atoms with E-state index >= 15 is 0 Å². The minimum atomic E-state index is -3.47. The number of nitrogens with one attached hydrogen (secondary N) is 3. The van der Waals surface area contributed by atoms with Gasteiger partial charge in [-0.3, -0.25) is 9.36 Å². The number of para-hydroxylation sites is 1. The zero-order chi connectivity index (χ0) is 23.1. The summed E-state index contributed by atoms with van der Waals surface area (Å²) >= 11 is 0. The van der Waals surface area contributed by atoms with E-state index in [4.69, 9.17) is 13.8 Å². The van der Waals surface area contributed by atoms with Crippen LogP contribution in [0.2, 0.25) is 0 Å². The van der Waals surface area contributed by atoms with Gasteiger partial charge in [0.05, 0.1) is 13.2 Å². The molecule has 2 amide bonds. The Kier molecular flexibility index (Phi) is 8.68. The van der Waals surface area contributed by atoms with Crippen molar-refractivity contribution in [2.45, 2.75) is 52.7 Å². The number of hydrogen-bond acceptors (Lipinski definition) is 6. The molecular weight excluding hydrogens is 421 g/mol. The van der Waals surface area contributed by atoms with Crippen molar-refractivity contribution >= 4 is 30.5 Å². The predicted octanol–water partition coefficient (Wildman–Crippen LogP) is 3.94. The SMILES string of the molecule is CCOP(=O)(CNC(=O)C(Cc1cc2ccccc2[nH]1)NC(=O)OC(C)(C)C)OCC. The number of carbonyl (C=O) groups is 2. The number of ether oxygens (including phenoxy) is 1. The molecule has 0 aliphatic carbocycles. The van der Waals surface area contributed by atoms with Gasteiger partial charge in [0.25, 0.3) is 0 Å². The van der Waals surface area contributed by atoms with Crippen LogP contribution in [0.4, 0.5) is 4.79 Å². The zero-order valence-electron chi connectivity index (χ0n) is 18.7. The first-order valence-electron chi connectivity index (χ1n) is 10.3. The summed E-state index contributed by atoms with van der Waals surface area (Å²) in [6.45, 7) is 8.95. The van der Waals surface area contributed by atoms with Gasteiger partial charge in [-0.05, 0) is 52.1 Å². The van der Waals surface area contributed by atoms with Gasteiger partial charge in [0.2, 0.25) is 5.91 Å². The van der Waals surface area contributed by atoms with Gasteiger partial charge < -0.3 is 29.4 Å². The van der Waals surface area contributed by atoms with Crippen LogP contribution >= 0.6 is 7.60 Å². The number of rotatable bonds is 10. The fourth-order valence-electron chi connectivity index (χ4n) is 2.94. The number of aromatic nitrogens is 1. The molecule has 0 spiro atoms. The summed E-state index contributed by atoms with van der Waals surface area (Å²) < 4.78 is 28.4. The number of amides is 2. The normalized spacial score (nSPS) is 13.1. The molecule has 1 aromatic heterocycles. The topological polar surface area (TPSA) is 119 Å². The van der Waals surface area contributed by atoms with Gasteiger partial charge in [-0.15, -0.1) is 0 Å². The molecule has 31 heavy (non-hydrogen) atoms. The van der Waals surface area contributed by atoms with Gasteiger partial charge in [0, 0.05) is 17.6 Å². The first-order valence-corrected chi connectivity index (χ1v) is 12.0. The van der Waals surface area contributed by atoms with E-state index in [9.17, 15) is 14.2 Å². The number of H-pyrrole nitrogens is 1. The Hall–Kier alpha value is -2.35. The van der Waals surface area contributed by atoms with E-state index in [1.165, 1.54) is 0 Å². The summed E-state index contributed by atoms with van der Waals surface area (Å²) in [6, 6.07) is 8.66. The van der Waals surface area contributed by atoms with Gasteiger partial charge in [0.15, 0.2) is 0 Å². The number of carbonyl (C=O) groups excluding carboxylic acids is 2. The molecule has 1 atom stereocenters. The van der Waals surface area contributed by atoms with Crippen LogP contribution in [0.3, 0.4) is 0 Å². The van der Waals surface area contributed by atoms with Crippen molar-refractivity contribution in [2.24, 2.45) is 0 Å². The first kappa shape index (κ1) is 24.9. The Morgan fingerprint density at radius 2 is 1.77 bits per heavy atom. The van der Waals surface area contributed by atoms with Gasteiger partial charge in [-0.2, -0.15) is 0 Å². The molecule has 3 N–H and O–H groups in total. The lowest BCUT2D eigenvalue weighted by Gasteiger charge is -2.24. The zero-order valence-corrected chi connectivity index (χ0v) is 19.6. The maximum absolute atomic E-state index is 12.9. The molecule has 1 heterocycles. The summed E-state index contributed by atoms with van der Waals surface area (Å²) in [7, 11) is -3.47. The summed E-state index contributed by atoms with van der Waals surface area (Å²) in [4.78, 5) is 28.4. The second-order valence-corrected chi connectivity index (χ2v) is 9.98. The summed E-state index contributed by atoms with van der Waals surface area (Å²) in [5.74, 6) is -0.524. The maximum Gasteiger partial charge on any atom is 0.408 e. The molecule has 0 saturated carbocycles. The highest BCUT2D eigenvalue weighted by molar-refractivity contribution is 7.53. The predicted molar refractivity (Wildman–Crippen MR) is 119 cm³/mol. The molecule has 1 aromatic carbocycles. The van der Waals surface area contributed by atoms with E-state index in [1.807, 2.05) is 30.3 Å². The lowest BCUT2D eigenvalue weighted by atomic mass is 10.1. The standard InChI is InChI=1S/C21H32N3O6P/c1-6-28-31(27,29-7-2)14-22-19(25)18(24-20(26)30-21(3,4)5)13-16-12-15-10-8-9-11-17(15)23-16/h8-12,18,23H,6-7,13-14H2,1-5H3,(H,22,25)(H,24,26). The highest BCUT2D eigenvalue weighted by atomic mass is 31.2. The number of alkyl carbamates (subject to hydrolysis) is 1. The monoisotopic (exact) mass is 453 g/mol. The second-order valence-electron chi connectivity index (χ2n) is 7.93. The fourth-order valence-corrected chi connectivity index (χ4v) is 4.34. The summed E-state index contributed by atoms with van der Waals surface area (Å²) in [6.07, 6.45) is -0.832. The number of benzene rings is 1. The van der Waals surface area contributed by atoms with Crippen molar-refractivity contribution in [1.29, 1.82) is 0 Å². The lowest BCUT2D eigenvalue weighted by Crippen LogP contribution is -2.49. The van der Waals surface area contributed by atoms with Crippen LogP contribution in [0.5, 0.6) is 0 Å². The van der Waals surface area contributed by atoms with Crippen molar-refractivity contribution in [3.8, 4) is 0 Å². The van der Waals surface area contributed by atoms with Crippen LogP contribution in [0, 0.1) is 0 Å². The van der Waals surface area contributed by atoms with Crippen LogP contribution in [0.25, 0.3) is 10.9 Å². The molecule has 0 fully saturated rings. The molecule has 0 aliphatic rings. The van der Waals surface area contributed by atoms with Gasteiger partial charge in [-0.1, -0.05) is 18.2 Å². The minimum absolute atomic E-state index is 0.182. The summed E-state index contributed by atoms with van der Waals surface area (Å²) in [5, 5.41) is 6.17. The van der Waals surface area contributed by atoms with Crippen molar-refractivity contribution in [2.75, 3.05) is 19.5 Å². The van der Waals surface area contributed by atoms with Crippen molar-refractivity contribution in [3.63, 3.8) is 0 Å². The van der Waals surface area contributed by atoms with Gasteiger partial charge in [-0.25, -0.2) is 4.79 Å². The third-order valence-corrected chi connectivity index (χ3v) is 5.96. The molecule has 9 nitrogen and oxygen atoms in total. The first-order chi connectivity index (χ1) is 14.5. The molecule has 1 unspecified atom stereocenters. The third-order valence-electron chi connectivity index (χ3n) is 4.12. The number of fused-ring (bicyclic) bond motifs is 1. The van der Waals surface area contributed by atoms with Crippen LogP contribution in [0.15, 0.2) is 30.3 Å². The molecule has 0 radical (unpaired) electrons. The number of aromatic amines is 1. The van der Waals surface area contributed by atoms with E-state index in [1.54, 1.807) is 34.6 Å². The minimum Gasteiger partial charge on any atom is -0.444 e. The smallest absolute Gasteiger partial charge is 0.408 e. The number of hydrogen-bond donors (Lipinski definition) is 3. The lowest BCUT2D eigenvalue weighted by molar-refractivity contribution is -0.123. The van der Waals surface area contributed by atoms with E-state index < -0.39 is 31.2 Å².